The Hall–Kier alpha value is -1.80. The van der Waals surface area contributed by atoms with Crippen LogP contribution in [0, 0.1) is 0 Å². The van der Waals surface area contributed by atoms with Crippen molar-refractivity contribution < 1.29 is 12.8 Å². The Balaban J connectivity index is 2.28. The lowest BCUT2D eigenvalue weighted by Crippen LogP contribution is -2.26. The third-order valence-electron chi connectivity index (χ3n) is 2.73. The Morgan fingerprint density at radius 2 is 2.26 bits per heavy atom. The fourth-order valence-corrected chi connectivity index (χ4v) is 2.85. The van der Waals surface area contributed by atoms with E-state index in [1.54, 1.807) is 12.1 Å². The molecule has 0 fully saturated rings. The van der Waals surface area contributed by atoms with Crippen molar-refractivity contribution in [3.05, 3.63) is 30.4 Å². The second-order valence-electron chi connectivity index (χ2n) is 4.07. The molecule has 7 nitrogen and oxygen atoms in total. The predicted molar refractivity (Wildman–Crippen MR) is 69.7 cm³/mol. The van der Waals surface area contributed by atoms with Crippen LogP contribution in [0.15, 0.2) is 33.9 Å². The molecule has 0 saturated carbocycles. The number of sulfonamides is 1. The highest BCUT2D eigenvalue weighted by molar-refractivity contribution is 7.89. The first-order chi connectivity index (χ1) is 8.95. The molecule has 2 N–H and O–H groups in total. The number of nitrogens with two attached hydrogens (primary N) is 1. The molecule has 0 saturated heterocycles. The molecule has 0 bridgehead atoms. The molecule has 0 aliphatic carbocycles. The van der Waals surface area contributed by atoms with Crippen LogP contribution in [0.3, 0.4) is 0 Å². The first kappa shape index (κ1) is 13.6. The highest BCUT2D eigenvalue weighted by Crippen LogP contribution is 2.21. The van der Waals surface area contributed by atoms with Crippen molar-refractivity contribution in [1.29, 1.82) is 0 Å². The molecule has 8 heteroatoms. The largest absolute Gasteiger partial charge is 0.468 e. The van der Waals surface area contributed by atoms with E-state index in [4.69, 9.17) is 10.2 Å². The van der Waals surface area contributed by atoms with Gasteiger partial charge in [-0.2, -0.15) is 9.40 Å². The molecule has 0 aliphatic rings. The average Bonchev–Trinajstić information content (AvgIpc) is 2.98. The molecule has 0 aliphatic heterocycles. The summed E-state index contributed by atoms with van der Waals surface area (Å²) < 4.78 is 32.5. The summed E-state index contributed by atoms with van der Waals surface area (Å²) in [7, 11) is -2.20. The van der Waals surface area contributed by atoms with Gasteiger partial charge < -0.3 is 10.2 Å². The van der Waals surface area contributed by atoms with Crippen LogP contribution in [0.2, 0.25) is 0 Å². The van der Waals surface area contributed by atoms with Gasteiger partial charge in [0.25, 0.3) is 0 Å². The first-order valence-corrected chi connectivity index (χ1v) is 7.20. The SMILES string of the molecule is CCn1cc(S(=O)(=O)N(C)Cc2ccco2)c(N)n1. The highest BCUT2D eigenvalue weighted by Gasteiger charge is 2.26. The molecule has 0 amide bonds. The average molecular weight is 284 g/mol. The van der Waals surface area contributed by atoms with E-state index in [0.29, 0.717) is 12.3 Å². The Morgan fingerprint density at radius 3 is 2.79 bits per heavy atom. The van der Waals surface area contributed by atoms with Crippen molar-refractivity contribution >= 4 is 15.8 Å². The molecule has 0 aromatic carbocycles. The molecule has 0 spiro atoms. The topological polar surface area (TPSA) is 94.4 Å². The van der Waals surface area contributed by atoms with Crippen LogP contribution in [0.4, 0.5) is 5.82 Å². The zero-order chi connectivity index (χ0) is 14.0. The van der Waals surface area contributed by atoms with E-state index in [-0.39, 0.29) is 17.3 Å². The van der Waals surface area contributed by atoms with Gasteiger partial charge in [-0.1, -0.05) is 0 Å². The fourth-order valence-electron chi connectivity index (χ4n) is 1.65. The number of nitrogens with zero attached hydrogens (tertiary/aromatic N) is 3. The van der Waals surface area contributed by atoms with Gasteiger partial charge in [0.2, 0.25) is 10.0 Å². The van der Waals surface area contributed by atoms with Crippen LogP contribution < -0.4 is 5.73 Å². The second kappa shape index (κ2) is 5.06. The molecule has 2 rings (SSSR count). The fraction of sp³-hybridized carbons (Fsp3) is 0.364. The van der Waals surface area contributed by atoms with E-state index in [1.165, 1.54) is 28.5 Å². The van der Waals surface area contributed by atoms with Crippen molar-refractivity contribution in [3.8, 4) is 0 Å². The first-order valence-electron chi connectivity index (χ1n) is 5.76. The van der Waals surface area contributed by atoms with Crippen LogP contribution >= 0.6 is 0 Å². The molecular formula is C11H16N4O3S. The lowest BCUT2D eigenvalue weighted by Gasteiger charge is -2.14. The van der Waals surface area contributed by atoms with Gasteiger partial charge in [-0.05, 0) is 19.1 Å². The zero-order valence-corrected chi connectivity index (χ0v) is 11.6. The maximum absolute atomic E-state index is 12.4. The van der Waals surface area contributed by atoms with E-state index in [2.05, 4.69) is 5.10 Å². The van der Waals surface area contributed by atoms with Crippen LogP contribution in [0.1, 0.15) is 12.7 Å². The van der Waals surface area contributed by atoms with Crippen LogP contribution in [0.5, 0.6) is 0 Å². The summed E-state index contributed by atoms with van der Waals surface area (Å²) in [6.45, 7) is 2.56. The number of aromatic nitrogens is 2. The number of anilines is 1. The summed E-state index contributed by atoms with van der Waals surface area (Å²) in [4.78, 5) is 0.0170. The third kappa shape index (κ3) is 2.64. The maximum Gasteiger partial charge on any atom is 0.248 e. The lowest BCUT2D eigenvalue weighted by molar-refractivity contribution is 0.406. The minimum atomic E-state index is -3.67. The molecule has 2 aromatic rings. The number of hydrogen-bond donors (Lipinski definition) is 1. The van der Waals surface area contributed by atoms with Crippen LogP contribution in [-0.2, 0) is 23.1 Å². The van der Waals surface area contributed by atoms with Gasteiger partial charge in [0, 0.05) is 19.8 Å². The van der Waals surface area contributed by atoms with Gasteiger partial charge in [-0.25, -0.2) is 8.42 Å². The summed E-state index contributed by atoms with van der Waals surface area (Å²) in [5, 5.41) is 3.94. The van der Waals surface area contributed by atoms with E-state index in [1.807, 2.05) is 6.92 Å². The van der Waals surface area contributed by atoms with Crippen molar-refractivity contribution in [3.63, 3.8) is 0 Å². The summed E-state index contributed by atoms with van der Waals surface area (Å²) in [5.74, 6) is 0.570. The van der Waals surface area contributed by atoms with Crippen molar-refractivity contribution in [2.75, 3.05) is 12.8 Å². The Labute approximate surface area is 111 Å². The van der Waals surface area contributed by atoms with Gasteiger partial charge in [-0.15, -0.1) is 0 Å². The monoisotopic (exact) mass is 284 g/mol. The normalized spacial score (nSPS) is 12.2. The maximum atomic E-state index is 12.4. The second-order valence-corrected chi connectivity index (χ2v) is 6.09. The van der Waals surface area contributed by atoms with Crippen molar-refractivity contribution in [2.24, 2.45) is 0 Å². The van der Waals surface area contributed by atoms with Crippen molar-refractivity contribution in [2.45, 2.75) is 24.9 Å². The number of hydrogen-bond acceptors (Lipinski definition) is 5. The lowest BCUT2D eigenvalue weighted by atomic mass is 10.4. The van der Waals surface area contributed by atoms with Crippen LogP contribution in [-0.4, -0.2) is 29.6 Å². The summed E-state index contributed by atoms with van der Waals surface area (Å²) in [5.41, 5.74) is 5.65. The van der Waals surface area contributed by atoms with E-state index >= 15 is 0 Å². The number of nitrogen functional groups attached to an aromatic ring is 1. The smallest absolute Gasteiger partial charge is 0.248 e. The number of aryl methyl sites for hydroxylation is 1. The van der Waals surface area contributed by atoms with Gasteiger partial charge in [0.15, 0.2) is 5.82 Å². The number of rotatable bonds is 5. The third-order valence-corrected chi connectivity index (χ3v) is 4.55. The number of furan rings is 1. The quantitative estimate of drug-likeness (QED) is 0.880. The predicted octanol–water partition coefficient (Wildman–Crippen LogP) is 0.899. The zero-order valence-electron chi connectivity index (χ0n) is 10.8. The molecule has 19 heavy (non-hydrogen) atoms. The molecule has 2 heterocycles. The molecule has 0 radical (unpaired) electrons. The van der Waals surface area contributed by atoms with Gasteiger partial charge >= 0.3 is 0 Å². The summed E-state index contributed by atoms with van der Waals surface area (Å²) in [6, 6.07) is 3.42. The van der Waals surface area contributed by atoms with E-state index in [9.17, 15) is 8.42 Å². The minimum Gasteiger partial charge on any atom is -0.468 e. The standard InChI is InChI=1S/C11H16N4O3S/c1-3-15-8-10(11(12)13-15)19(16,17)14(2)7-9-5-4-6-18-9/h4-6,8H,3,7H2,1-2H3,(H2,12,13). The molecule has 0 atom stereocenters. The molecular weight excluding hydrogens is 268 g/mol. The minimum absolute atomic E-state index is 0.00754. The van der Waals surface area contributed by atoms with Gasteiger partial charge in [-0.3, -0.25) is 4.68 Å². The van der Waals surface area contributed by atoms with Crippen molar-refractivity contribution in [1.82, 2.24) is 14.1 Å². The highest BCUT2D eigenvalue weighted by atomic mass is 32.2. The Morgan fingerprint density at radius 1 is 1.53 bits per heavy atom. The summed E-state index contributed by atoms with van der Waals surface area (Å²) >= 11 is 0. The van der Waals surface area contributed by atoms with E-state index in [0.717, 1.165) is 0 Å². The van der Waals surface area contributed by atoms with Crippen LogP contribution in [0.25, 0.3) is 0 Å². The molecule has 0 unspecified atom stereocenters. The molecule has 2 aromatic heterocycles. The van der Waals surface area contributed by atoms with Gasteiger partial charge in [0.1, 0.15) is 10.7 Å². The molecule has 104 valence electrons. The summed E-state index contributed by atoms with van der Waals surface area (Å²) in [6.07, 6.45) is 2.93. The Kier molecular flexibility index (Phi) is 3.63. The van der Waals surface area contributed by atoms with Gasteiger partial charge in [0.05, 0.1) is 12.8 Å². The Bertz CT molecular complexity index is 646. The van der Waals surface area contributed by atoms with E-state index < -0.39 is 10.0 Å².